The molecule has 3 aliphatic rings. The molecule has 6 rings (SSSR count). The number of halogens is 3. The highest BCUT2D eigenvalue weighted by Crippen LogP contribution is 2.52. The summed E-state index contributed by atoms with van der Waals surface area (Å²) in [6.45, 7) is 4.58. The van der Waals surface area contributed by atoms with Crippen molar-refractivity contribution in [2.75, 3.05) is 36.4 Å². The molecule has 1 saturated carbocycles. The number of hydrogen-bond donors (Lipinski definition) is 2. The van der Waals surface area contributed by atoms with Gasteiger partial charge in [0.15, 0.2) is 5.82 Å². The van der Waals surface area contributed by atoms with E-state index in [1.807, 2.05) is 11.8 Å². The number of alkyl halides is 3. The number of rotatable bonds is 7. The maximum absolute atomic E-state index is 13.8. The molecule has 1 aromatic carbocycles. The van der Waals surface area contributed by atoms with Crippen LogP contribution in [0.1, 0.15) is 31.3 Å². The van der Waals surface area contributed by atoms with E-state index in [0.717, 1.165) is 25.1 Å². The molecular formula is C26H28F3N7O2S. The zero-order valence-electron chi connectivity index (χ0n) is 21.3. The number of fused-ring (bicyclic) bond motifs is 2. The molecule has 3 heterocycles. The highest BCUT2D eigenvalue weighted by molar-refractivity contribution is 8.00. The smallest absolute Gasteiger partial charge is 0.363 e. The van der Waals surface area contributed by atoms with Gasteiger partial charge in [-0.2, -0.15) is 22.7 Å². The number of nitrogens with one attached hydrogen (secondary N) is 2. The summed E-state index contributed by atoms with van der Waals surface area (Å²) >= 11 is -0.209. The molecule has 1 amide bonds. The third-order valence-electron chi connectivity index (χ3n) is 7.43. The molecule has 0 spiro atoms. The van der Waals surface area contributed by atoms with E-state index >= 15 is 0 Å². The van der Waals surface area contributed by atoms with Crippen molar-refractivity contribution in [3.63, 3.8) is 0 Å². The molecule has 2 unspecified atom stereocenters. The highest BCUT2D eigenvalue weighted by atomic mass is 32.2. The Morgan fingerprint density at radius 2 is 1.95 bits per heavy atom. The maximum Gasteiger partial charge on any atom is 0.446 e. The first-order valence-corrected chi connectivity index (χ1v) is 13.9. The van der Waals surface area contributed by atoms with E-state index in [9.17, 15) is 22.8 Å². The fourth-order valence-electron chi connectivity index (χ4n) is 5.52. The van der Waals surface area contributed by atoms with E-state index in [1.165, 1.54) is 35.2 Å². The Labute approximate surface area is 226 Å². The number of nitrogens with zero attached hydrogens (tertiary/aromatic N) is 5. The van der Waals surface area contributed by atoms with Crippen molar-refractivity contribution in [3.8, 4) is 0 Å². The molecule has 9 nitrogen and oxygen atoms in total. The van der Waals surface area contributed by atoms with Crippen LogP contribution in [0.25, 0.3) is 11.4 Å². The van der Waals surface area contributed by atoms with Crippen LogP contribution in [-0.4, -0.2) is 56.8 Å². The fraction of sp³-hybridized carbons (Fsp3) is 0.462. The largest absolute Gasteiger partial charge is 0.446 e. The number of thioether (sulfide) groups is 1. The van der Waals surface area contributed by atoms with Gasteiger partial charge < -0.3 is 20.1 Å². The van der Waals surface area contributed by atoms with Crippen molar-refractivity contribution < 1.29 is 18.0 Å². The van der Waals surface area contributed by atoms with Crippen LogP contribution in [0.2, 0.25) is 0 Å². The molecule has 39 heavy (non-hydrogen) atoms. The predicted molar refractivity (Wildman–Crippen MR) is 143 cm³/mol. The van der Waals surface area contributed by atoms with E-state index in [4.69, 9.17) is 4.98 Å². The van der Waals surface area contributed by atoms with Gasteiger partial charge in [-0.3, -0.25) is 9.59 Å². The Hall–Kier alpha value is -3.32. The molecule has 1 aliphatic heterocycles. The fourth-order valence-corrected chi connectivity index (χ4v) is 6.06. The number of aromatic nitrogens is 4. The molecule has 2 N–H and O–H groups in total. The van der Waals surface area contributed by atoms with E-state index in [-0.39, 0.29) is 34.7 Å². The molecule has 0 radical (unpaired) electrons. The van der Waals surface area contributed by atoms with Gasteiger partial charge in [-0.05, 0) is 72.7 Å². The van der Waals surface area contributed by atoms with Crippen LogP contribution in [0.4, 0.5) is 24.5 Å². The normalized spacial score (nSPS) is 20.7. The van der Waals surface area contributed by atoms with Crippen LogP contribution in [0.15, 0.2) is 40.0 Å². The summed E-state index contributed by atoms with van der Waals surface area (Å²) < 4.78 is 41.0. The van der Waals surface area contributed by atoms with Crippen LogP contribution >= 0.6 is 11.8 Å². The van der Waals surface area contributed by atoms with E-state index in [1.54, 1.807) is 4.57 Å². The first-order valence-electron chi connectivity index (χ1n) is 13.0. The molecule has 2 aromatic heterocycles. The van der Waals surface area contributed by atoms with Crippen molar-refractivity contribution in [2.24, 2.45) is 11.8 Å². The molecule has 3 aromatic rings. The second kappa shape index (κ2) is 10.0. The van der Waals surface area contributed by atoms with Gasteiger partial charge in [0, 0.05) is 36.8 Å². The Balaban J connectivity index is 1.35. The maximum atomic E-state index is 13.8. The van der Waals surface area contributed by atoms with Gasteiger partial charge >= 0.3 is 5.51 Å². The van der Waals surface area contributed by atoms with Crippen LogP contribution in [0.5, 0.6) is 0 Å². The third-order valence-corrected chi connectivity index (χ3v) is 8.17. The number of piperazine rings is 1. The van der Waals surface area contributed by atoms with Crippen molar-refractivity contribution >= 4 is 40.4 Å². The summed E-state index contributed by atoms with van der Waals surface area (Å²) in [5, 5.41) is 10.7. The lowest BCUT2D eigenvalue weighted by atomic mass is 10.2. The van der Waals surface area contributed by atoms with Crippen LogP contribution < -0.4 is 21.1 Å². The van der Waals surface area contributed by atoms with Gasteiger partial charge in [0.05, 0.1) is 5.69 Å². The monoisotopic (exact) mass is 559 g/mol. The van der Waals surface area contributed by atoms with Crippen molar-refractivity contribution in [2.45, 2.75) is 43.1 Å². The molecule has 0 bridgehead atoms. The zero-order valence-corrected chi connectivity index (χ0v) is 22.1. The van der Waals surface area contributed by atoms with Crippen LogP contribution in [0, 0.1) is 11.8 Å². The summed E-state index contributed by atoms with van der Waals surface area (Å²) in [6.07, 6.45) is 4.77. The van der Waals surface area contributed by atoms with Crippen LogP contribution in [0.3, 0.4) is 0 Å². The topological polar surface area (TPSA) is 96.6 Å². The van der Waals surface area contributed by atoms with Crippen molar-refractivity contribution in [1.29, 1.82) is 0 Å². The van der Waals surface area contributed by atoms with Gasteiger partial charge in [-0.25, -0.2) is 0 Å². The average Bonchev–Trinajstić information content (AvgIpc) is 3.29. The Bertz CT molecular complexity index is 1510. The Morgan fingerprint density at radius 3 is 2.59 bits per heavy atom. The molecule has 2 atom stereocenters. The van der Waals surface area contributed by atoms with Gasteiger partial charge in [0.2, 0.25) is 11.7 Å². The minimum absolute atomic E-state index is 0.0337. The molecular weight excluding hydrogens is 531 g/mol. The quantitative estimate of drug-likeness (QED) is 0.428. The number of benzene rings is 1. The number of hydrogen-bond acceptors (Lipinski definition) is 7. The number of anilines is 2. The summed E-state index contributed by atoms with van der Waals surface area (Å²) in [5.41, 5.74) is -2.00. The van der Waals surface area contributed by atoms with Gasteiger partial charge in [-0.1, -0.05) is 13.0 Å². The van der Waals surface area contributed by atoms with Crippen LogP contribution in [-0.2, 0) is 17.8 Å². The van der Waals surface area contributed by atoms with E-state index in [2.05, 4.69) is 21.8 Å². The molecule has 13 heteroatoms. The van der Waals surface area contributed by atoms with Crippen molar-refractivity contribution in [1.82, 2.24) is 24.5 Å². The SMILES string of the molecule is CCc1c(N2CCNCC2)c(=O)n2nc(C3=CC4CC4C3)nc2n1CC(=O)Nc1ccc(SC(F)(F)F)cc1. The van der Waals surface area contributed by atoms with Gasteiger partial charge in [0.1, 0.15) is 12.2 Å². The summed E-state index contributed by atoms with van der Waals surface area (Å²) in [7, 11) is 0. The summed E-state index contributed by atoms with van der Waals surface area (Å²) in [5.74, 6) is 1.65. The molecule has 206 valence electrons. The lowest BCUT2D eigenvalue weighted by Gasteiger charge is -2.31. The van der Waals surface area contributed by atoms with Crippen molar-refractivity contribution in [3.05, 3.63) is 52.2 Å². The zero-order chi connectivity index (χ0) is 27.3. The minimum atomic E-state index is -4.38. The lowest BCUT2D eigenvalue weighted by Crippen LogP contribution is -2.47. The van der Waals surface area contributed by atoms with Gasteiger partial charge in [0.25, 0.3) is 5.56 Å². The second-order valence-electron chi connectivity index (χ2n) is 10.1. The number of allylic oxidation sites excluding steroid dienone is 2. The molecule has 1 saturated heterocycles. The first-order chi connectivity index (χ1) is 18.7. The van der Waals surface area contributed by atoms with E-state index in [0.29, 0.717) is 60.0 Å². The minimum Gasteiger partial charge on any atom is -0.363 e. The molecule has 2 aliphatic carbocycles. The highest BCUT2D eigenvalue weighted by Gasteiger charge is 2.42. The molecule has 2 fully saturated rings. The third kappa shape index (κ3) is 5.29. The number of carbonyl (C=O) groups excluding carboxylic acids is 1. The lowest BCUT2D eigenvalue weighted by molar-refractivity contribution is -0.116. The number of carbonyl (C=O) groups is 1. The number of amides is 1. The van der Waals surface area contributed by atoms with Gasteiger partial charge in [-0.15, -0.1) is 5.10 Å². The standard InChI is InChI=1S/C26H28F3N7O2S/c1-2-20-22(34-9-7-30-8-10-34)24(38)36-25(32-23(33-36)17-12-15-11-16(15)13-17)35(20)14-21(37)31-18-3-5-19(6-4-18)39-26(27,28)29/h3-6,12,15-16,30H,2,7-11,13-14H2,1H3,(H,31,37). The average molecular weight is 560 g/mol. The Morgan fingerprint density at radius 1 is 1.21 bits per heavy atom. The van der Waals surface area contributed by atoms with E-state index < -0.39 is 5.51 Å². The second-order valence-corrected chi connectivity index (χ2v) is 11.2. The first kappa shape index (κ1) is 25.9. The predicted octanol–water partition coefficient (Wildman–Crippen LogP) is 3.54. The summed E-state index contributed by atoms with van der Waals surface area (Å²) in [4.78, 5) is 33.8. The Kier molecular flexibility index (Phi) is 6.66. The summed E-state index contributed by atoms with van der Waals surface area (Å²) in [6, 6.07) is 5.51.